The molecule has 0 fully saturated rings. The van der Waals surface area contributed by atoms with Crippen LogP contribution < -0.4 is 0 Å². The Kier molecular flexibility index (Phi) is 15.3. The lowest BCUT2D eigenvalue weighted by molar-refractivity contribution is 0.216. The third-order valence-corrected chi connectivity index (χ3v) is 0.566. The van der Waals surface area contributed by atoms with E-state index < -0.39 is 0 Å². The minimum atomic E-state index is -0.167. The summed E-state index contributed by atoms with van der Waals surface area (Å²) in [6.07, 6.45) is 3.33. The fraction of sp³-hybridized carbons (Fsp3) is 0.500. The average Bonchev–Trinajstić information content (AvgIpc) is 2.08. The molecular weight excluding hydrogens is 166 g/mol. The second-order valence-electron chi connectivity index (χ2n) is 2.43. The summed E-state index contributed by atoms with van der Waals surface area (Å²) < 4.78 is 0. The van der Waals surface area contributed by atoms with E-state index in [1.807, 2.05) is 18.2 Å². The van der Waals surface area contributed by atoms with Crippen LogP contribution in [0.15, 0.2) is 30.6 Å². The van der Waals surface area contributed by atoms with Crippen LogP contribution in [0.1, 0.15) is 20.8 Å². The number of hydrogen-bond acceptors (Lipinski definition) is 3. The molecular formula is C10H19NO2. The minimum Gasteiger partial charge on any atom is -0.397 e. The quantitative estimate of drug-likeness (QED) is 0.643. The summed E-state index contributed by atoms with van der Waals surface area (Å²) in [5, 5.41) is 15.6. The van der Waals surface area contributed by atoms with Gasteiger partial charge in [-0.15, -0.1) is 0 Å². The van der Waals surface area contributed by atoms with E-state index >= 15 is 0 Å². The van der Waals surface area contributed by atoms with Crippen molar-refractivity contribution in [2.45, 2.75) is 26.9 Å². The zero-order valence-electron chi connectivity index (χ0n) is 8.51. The third kappa shape index (κ3) is 35.4. The van der Waals surface area contributed by atoms with Crippen LogP contribution in [0.2, 0.25) is 0 Å². The van der Waals surface area contributed by atoms with Gasteiger partial charge in [0.2, 0.25) is 0 Å². The molecule has 0 aliphatic heterocycles. The molecule has 0 unspecified atom stereocenters. The van der Waals surface area contributed by atoms with Crippen molar-refractivity contribution in [1.29, 1.82) is 0 Å². The van der Waals surface area contributed by atoms with Crippen LogP contribution in [-0.2, 0) is 0 Å². The van der Waals surface area contributed by atoms with Crippen LogP contribution in [0.25, 0.3) is 0 Å². The summed E-state index contributed by atoms with van der Waals surface area (Å²) in [4.78, 5) is 3.78. The molecule has 0 saturated heterocycles. The Morgan fingerprint density at radius 3 is 1.54 bits per heavy atom. The highest BCUT2D eigenvalue weighted by molar-refractivity contribution is 4.88. The molecule has 0 amide bonds. The highest BCUT2D eigenvalue weighted by Gasteiger charge is 1.69. The Balaban J connectivity index is 0. The summed E-state index contributed by atoms with van der Waals surface area (Å²) in [5.74, 6) is 0. The van der Waals surface area contributed by atoms with Crippen molar-refractivity contribution in [1.82, 2.24) is 4.98 Å². The summed E-state index contributed by atoms with van der Waals surface area (Å²) in [6.45, 7) is 5.38. The van der Waals surface area contributed by atoms with Gasteiger partial charge in [0.1, 0.15) is 0 Å². The average molecular weight is 185 g/mol. The van der Waals surface area contributed by atoms with Crippen molar-refractivity contribution in [2.75, 3.05) is 6.61 Å². The van der Waals surface area contributed by atoms with Crippen molar-refractivity contribution >= 4 is 0 Å². The number of pyridine rings is 1. The van der Waals surface area contributed by atoms with Crippen LogP contribution in [0.3, 0.4) is 0 Å². The lowest BCUT2D eigenvalue weighted by Crippen LogP contribution is -1.85. The molecule has 0 aromatic carbocycles. The van der Waals surface area contributed by atoms with Gasteiger partial charge in [-0.3, -0.25) is 4.98 Å². The Morgan fingerprint density at radius 1 is 1.15 bits per heavy atom. The molecule has 2 N–H and O–H groups in total. The molecule has 3 nitrogen and oxygen atoms in total. The Hall–Kier alpha value is -0.930. The van der Waals surface area contributed by atoms with Gasteiger partial charge in [-0.05, 0) is 32.9 Å². The topological polar surface area (TPSA) is 53.4 Å². The molecule has 13 heavy (non-hydrogen) atoms. The fourth-order valence-corrected chi connectivity index (χ4v) is 0.313. The predicted molar refractivity (Wildman–Crippen MR) is 54.4 cm³/mol. The number of rotatable bonds is 0. The van der Waals surface area contributed by atoms with E-state index in [1.165, 1.54) is 0 Å². The van der Waals surface area contributed by atoms with Crippen molar-refractivity contribution < 1.29 is 10.2 Å². The van der Waals surface area contributed by atoms with Gasteiger partial charge in [-0.2, -0.15) is 0 Å². The highest BCUT2D eigenvalue weighted by atomic mass is 16.3. The van der Waals surface area contributed by atoms with E-state index in [9.17, 15) is 0 Å². The van der Waals surface area contributed by atoms with E-state index in [2.05, 4.69) is 4.98 Å². The molecule has 0 spiro atoms. The second kappa shape index (κ2) is 13.6. The Labute approximate surface area is 80.1 Å². The maximum Gasteiger partial charge on any atom is 0.0483 e. The molecule has 1 rings (SSSR count). The van der Waals surface area contributed by atoms with Gasteiger partial charge in [-0.1, -0.05) is 6.07 Å². The first-order valence-electron chi connectivity index (χ1n) is 4.29. The lowest BCUT2D eigenvalue weighted by atomic mass is 10.5. The molecule has 1 heterocycles. The zero-order valence-corrected chi connectivity index (χ0v) is 8.51. The van der Waals surface area contributed by atoms with Gasteiger partial charge in [0.15, 0.2) is 0 Å². The first-order valence-corrected chi connectivity index (χ1v) is 4.29. The monoisotopic (exact) mass is 185 g/mol. The van der Waals surface area contributed by atoms with Crippen molar-refractivity contribution in [2.24, 2.45) is 0 Å². The summed E-state index contributed by atoms with van der Waals surface area (Å²) >= 11 is 0. The van der Waals surface area contributed by atoms with E-state index in [0.717, 1.165) is 0 Å². The first-order chi connectivity index (χ1) is 6.15. The van der Waals surface area contributed by atoms with Gasteiger partial charge in [0.25, 0.3) is 0 Å². The largest absolute Gasteiger partial charge is 0.397 e. The number of nitrogens with zero attached hydrogens (tertiary/aromatic N) is 1. The van der Waals surface area contributed by atoms with Gasteiger partial charge >= 0.3 is 0 Å². The van der Waals surface area contributed by atoms with Gasteiger partial charge < -0.3 is 10.2 Å². The summed E-state index contributed by atoms with van der Waals surface area (Å²) in [7, 11) is 0. The minimum absolute atomic E-state index is 0.167. The Bertz CT molecular complexity index is 125. The second-order valence-corrected chi connectivity index (χ2v) is 2.43. The molecule has 0 bridgehead atoms. The van der Waals surface area contributed by atoms with Crippen molar-refractivity contribution in [3.05, 3.63) is 30.6 Å². The van der Waals surface area contributed by atoms with Crippen molar-refractivity contribution in [3.63, 3.8) is 0 Å². The standard InChI is InChI=1S/C5H5N.C3H8O.C2H6O/c1-2-4-6-5-3-1;1-3(2)4;1-2-3/h1-5H;3-4H,1-2H3;3H,2H2,1H3. The predicted octanol–water partition coefficient (Wildman–Crippen LogP) is 1.47. The summed E-state index contributed by atoms with van der Waals surface area (Å²) in [6, 6.07) is 5.72. The molecule has 3 heteroatoms. The first kappa shape index (κ1) is 14.6. The maximum absolute atomic E-state index is 8.06. The van der Waals surface area contributed by atoms with E-state index in [1.54, 1.807) is 33.2 Å². The van der Waals surface area contributed by atoms with Crippen LogP contribution in [0.4, 0.5) is 0 Å². The number of aliphatic hydroxyl groups excluding tert-OH is 2. The van der Waals surface area contributed by atoms with Crippen LogP contribution in [-0.4, -0.2) is 27.9 Å². The molecule has 0 saturated carbocycles. The van der Waals surface area contributed by atoms with Crippen LogP contribution in [0, 0.1) is 0 Å². The molecule has 0 aliphatic rings. The highest BCUT2D eigenvalue weighted by Crippen LogP contribution is 1.73. The molecule has 1 aromatic heterocycles. The fourth-order valence-electron chi connectivity index (χ4n) is 0.313. The molecule has 0 radical (unpaired) electrons. The lowest BCUT2D eigenvalue weighted by Gasteiger charge is -1.80. The number of aromatic nitrogens is 1. The van der Waals surface area contributed by atoms with E-state index in [-0.39, 0.29) is 12.7 Å². The van der Waals surface area contributed by atoms with E-state index in [4.69, 9.17) is 10.2 Å². The van der Waals surface area contributed by atoms with Crippen molar-refractivity contribution in [3.8, 4) is 0 Å². The normalized spacial score (nSPS) is 7.85. The van der Waals surface area contributed by atoms with Gasteiger partial charge in [-0.25, -0.2) is 0 Å². The SMILES string of the molecule is CC(C)O.CCO.c1ccncc1. The number of aliphatic hydroxyl groups is 2. The maximum atomic E-state index is 8.06. The third-order valence-electron chi connectivity index (χ3n) is 0.566. The van der Waals surface area contributed by atoms with Gasteiger partial charge in [0, 0.05) is 25.1 Å². The zero-order chi connectivity index (χ0) is 10.5. The van der Waals surface area contributed by atoms with Crippen LogP contribution in [0.5, 0.6) is 0 Å². The molecule has 1 aromatic rings. The van der Waals surface area contributed by atoms with Gasteiger partial charge in [0.05, 0.1) is 0 Å². The molecule has 76 valence electrons. The smallest absolute Gasteiger partial charge is 0.0483 e. The van der Waals surface area contributed by atoms with Crippen LogP contribution >= 0.6 is 0 Å². The van der Waals surface area contributed by atoms with E-state index in [0.29, 0.717) is 0 Å². The summed E-state index contributed by atoms with van der Waals surface area (Å²) in [5.41, 5.74) is 0. The number of hydrogen-bond donors (Lipinski definition) is 2. The molecule has 0 atom stereocenters. The molecule has 0 aliphatic carbocycles. The Morgan fingerprint density at radius 2 is 1.46 bits per heavy atom.